The van der Waals surface area contributed by atoms with E-state index in [0.717, 1.165) is 41.1 Å². The highest BCUT2D eigenvalue weighted by Gasteiger charge is 2.34. The number of ether oxygens (including phenoxy) is 2. The molecule has 9 nitrogen and oxygen atoms in total. The summed E-state index contributed by atoms with van der Waals surface area (Å²) in [6.07, 6.45) is 3.87. The fourth-order valence-corrected chi connectivity index (χ4v) is 6.69. The Morgan fingerprint density at radius 1 is 0.977 bits per heavy atom. The predicted octanol–water partition coefficient (Wildman–Crippen LogP) is 5.34. The molecule has 1 aliphatic rings. The zero-order valence-corrected chi connectivity index (χ0v) is 26.5. The summed E-state index contributed by atoms with van der Waals surface area (Å²) in [5.74, 6) is 0.0170. The van der Waals surface area contributed by atoms with Gasteiger partial charge in [0.25, 0.3) is 10.0 Å². The number of rotatable bonds is 12. The average molecular weight is 628 g/mol. The second-order valence-electron chi connectivity index (χ2n) is 10.7. The quantitative estimate of drug-likeness (QED) is 0.291. The Balaban J connectivity index is 1.73. The molecular weight excluding hydrogens is 590 g/mol. The molecule has 230 valence electrons. The van der Waals surface area contributed by atoms with Crippen LogP contribution in [-0.4, -0.2) is 58.0 Å². The third-order valence-electron chi connectivity index (χ3n) is 7.68. The topological polar surface area (TPSA) is 105 Å². The van der Waals surface area contributed by atoms with Crippen LogP contribution in [0.4, 0.5) is 5.69 Å². The molecule has 0 heterocycles. The third kappa shape index (κ3) is 7.80. The van der Waals surface area contributed by atoms with E-state index in [9.17, 15) is 18.0 Å². The van der Waals surface area contributed by atoms with Gasteiger partial charge in [0.05, 0.1) is 24.8 Å². The van der Waals surface area contributed by atoms with Gasteiger partial charge in [0.1, 0.15) is 24.1 Å². The molecule has 1 saturated carbocycles. The maximum Gasteiger partial charge on any atom is 0.264 e. The summed E-state index contributed by atoms with van der Waals surface area (Å²) < 4.78 is 40.0. The van der Waals surface area contributed by atoms with Crippen molar-refractivity contribution in [2.45, 2.75) is 63.1 Å². The summed E-state index contributed by atoms with van der Waals surface area (Å²) in [6, 6.07) is 17.3. The van der Waals surface area contributed by atoms with Gasteiger partial charge in [-0.2, -0.15) is 0 Å². The van der Waals surface area contributed by atoms with Crippen molar-refractivity contribution in [3.8, 4) is 11.5 Å². The zero-order chi connectivity index (χ0) is 31.1. The van der Waals surface area contributed by atoms with E-state index >= 15 is 0 Å². The van der Waals surface area contributed by atoms with Gasteiger partial charge in [-0.15, -0.1) is 0 Å². The normalized spacial score (nSPS) is 14.2. The molecule has 3 aromatic rings. The molecule has 0 aliphatic heterocycles. The van der Waals surface area contributed by atoms with Crippen LogP contribution >= 0.6 is 11.6 Å². The monoisotopic (exact) mass is 627 g/mol. The second-order valence-corrected chi connectivity index (χ2v) is 13.0. The molecule has 0 unspecified atom stereocenters. The van der Waals surface area contributed by atoms with Gasteiger partial charge >= 0.3 is 0 Å². The molecule has 0 aromatic heterocycles. The van der Waals surface area contributed by atoms with E-state index in [1.165, 1.54) is 30.2 Å². The lowest BCUT2D eigenvalue weighted by molar-refractivity contribution is -0.139. The van der Waals surface area contributed by atoms with Gasteiger partial charge in [-0.05, 0) is 74.7 Å². The van der Waals surface area contributed by atoms with Crippen LogP contribution in [-0.2, 0) is 26.2 Å². The van der Waals surface area contributed by atoms with Crippen LogP contribution in [0.25, 0.3) is 0 Å². The number of hydrogen-bond donors (Lipinski definition) is 1. The maximum absolute atomic E-state index is 14.2. The zero-order valence-electron chi connectivity index (χ0n) is 24.9. The van der Waals surface area contributed by atoms with E-state index in [0.29, 0.717) is 5.75 Å². The Bertz CT molecular complexity index is 1520. The van der Waals surface area contributed by atoms with Crippen molar-refractivity contribution in [3.05, 3.63) is 82.9 Å². The Labute approximate surface area is 258 Å². The lowest BCUT2D eigenvalue weighted by Gasteiger charge is -2.33. The number of aryl methyl sites for hydroxylation is 1. The molecule has 43 heavy (non-hydrogen) atoms. The molecule has 1 fully saturated rings. The Morgan fingerprint density at radius 2 is 1.63 bits per heavy atom. The number of hydrogen-bond acceptors (Lipinski definition) is 6. The highest BCUT2D eigenvalue weighted by Crippen LogP contribution is 2.35. The molecule has 4 rings (SSSR count). The summed E-state index contributed by atoms with van der Waals surface area (Å²) in [5, 5.41) is 3.34. The van der Waals surface area contributed by atoms with Gasteiger partial charge in [-0.1, -0.05) is 54.3 Å². The van der Waals surface area contributed by atoms with Crippen LogP contribution in [0.5, 0.6) is 11.5 Å². The summed E-state index contributed by atoms with van der Waals surface area (Å²) in [7, 11) is -1.29. The van der Waals surface area contributed by atoms with Crippen LogP contribution in [0.15, 0.2) is 71.6 Å². The molecule has 0 radical (unpaired) electrons. The molecule has 2 amide bonds. The molecule has 0 saturated heterocycles. The molecular formula is C32H38ClN3O6S. The number of methoxy groups -OCH3 is 2. The number of benzene rings is 3. The first-order valence-electron chi connectivity index (χ1n) is 14.2. The van der Waals surface area contributed by atoms with Crippen molar-refractivity contribution in [3.63, 3.8) is 0 Å². The van der Waals surface area contributed by atoms with Gasteiger partial charge in [0.15, 0.2) is 0 Å². The smallest absolute Gasteiger partial charge is 0.264 e. The first kappa shape index (κ1) is 32.2. The highest BCUT2D eigenvalue weighted by molar-refractivity contribution is 7.92. The highest BCUT2D eigenvalue weighted by atomic mass is 35.5. The van der Waals surface area contributed by atoms with E-state index in [2.05, 4.69) is 5.32 Å². The standard InChI is InChI=1S/C32H38ClN3O6S/c1-22-9-16-28(17-10-22)43(39,40)36(29-19-25(33)13-18-30(29)42-4)21-31(37)35(20-24-11-14-27(41-3)15-12-24)23(2)32(38)34-26-7-5-6-8-26/h9-19,23,26H,5-8,20-21H2,1-4H3,(H,34,38)/t23-/m0/s1. The van der Waals surface area contributed by atoms with Crippen LogP contribution < -0.4 is 19.1 Å². The van der Waals surface area contributed by atoms with Gasteiger partial charge in [0.2, 0.25) is 11.8 Å². The number of amides is 2. The molecule has 1 aliphatic carbocycles. The number of carbonyl (C=O) groups excluding carboxylic acids is 2. The first-order valence-corrected chi connectivity index (χ1v) is 16.0. The number of sulfonamides is 1. The van der Waals surface area contributed by atoms with Crippen molar-refractivity contribution in [1.29, 1.82) is 0 Å². The Hall–Kier alpha value is -3.76. The molecule has 1 N–H and O–H groups in total. The Morgan fingerprint density at radius 3 is 2.23 bits per heavy atom. The molecule has 0 spiro atoms. The SMILES string of the molecule is COc1ccc(CN(C(=O)CN(c2cc(Cl)ccc2OC)S(=O)(=O)c2ccc(C)cc2)[C@@H](C)C(=O)NC2CCCC2)cc1. The van der Waals surface area contributed by atoms with E-state index in [1.807, 2.05) is 19.1 Å². The summed E-state index contributed by atoms with van der Waals surface area (Å²) >= 11 is 6.30. The van der Waals surface area contributed by atoms with Crippen LogP contribution in [0, 0.1) is 6.92 Å². The molecule has 0 bridgehead atoms. The Kier molecular flexibility index (Phi) is 10.6. The third-order valence-corrected chi connectivity index (χ3v) is 9.69. The van der Waals surface area contributed by atoms with E-state index in [4.69, 9.17) is 21.1 Å². The van der Waals surface area contributed by atoms with Crippen LogP contribution in [0.1, 0.15) is 43.7 Å². The predicted molar refractivity (Wildman–Crippen MR) is 167 cm³/mol. The maximum atomic E-state index is 14.2. The minimum Gasteiger partial charge on any atom is -0.497 e. The van der Waals surface area contributed by atoms with Crippen molar-refractivity contribution in [2.24, 2.45) is 0 Å². The number of carbonyl (C=O) groups is 2. The van der Waals surface area contributed by atoms with Gasteiger partial charge in [-0.25, -0.2) is 8.42 Å². The minimum atomic E-state index is -4.27. The van der Waals surface area contributed by atoms with Crippen LogP contribution in [0.3, 0.4) is 0 Å². The number of halogens is 1. The van der Waals surface area contributed by atoms with E-state index in [-0.39, 0.29) is 39.8 Å². The second kappa shape index (κ2) is 14.1. The van der Waals surface area contributed by atoms with E-state index < -0.39 is 28.5 Å². The summed E-state index contributed by atoms with van der Waals surface area (Å²) in [4.78, 5) is 29.0. The molecule has 1 atom stereocenters. The van der Waals surface area contributed by atoms with E-state index in [1.54, 1.807) is 50.4 Å². The minimum absolute atomic E-state index is 0.00154. The lowest BCUT2D eigenvalue weighted by atomic mass is 10.1. The first-order chi connectivity index (χ1) is 20.5. The number of anilines is 1. The summed E-state index contributed by atoms with van der Waals surface area (Å²) in [6.45, 7) is 2.99. The molecule has 3 aromatic carbocycles. The largest absolute Gasteiger partial charge is 0.497 e. The fraction of sp³-hybridized carbons (Fsp3) is 0.375. The van der Waals surface area contributed by atoms with Crippen molar-refractivity contribution in [1.82, 2.24) is 10.2 Å². The van der Waals surface area contributed by atoms with Gasteiger partial charge in [0, 0.05) is 17.6 Å². The van der Waals surface area contributed by atoms with Crippen molar-refractivity contribution >= 4 is 39.1 Å². The van der Waals surface area contributed by atoms with Crippen molar-refractivity contribution < 1.29 is 27.5 Å². The number of nitrogens with zero attached hydrogens (tertiary/aromatic N) is 2. The summed E-state index contributed by atoms with van der Waals surface area (Å²) in [5.41, 5.74) is 1.74. The fourth-order valence-electron chi connectivity index (χ4n) is 5.11. The lowest BCUT2D eigenvalue weighted by Crippen LogP contribution is -2.52. The van der Waals surface area contributed by atoms with Crippen molar-refractivity contribution in [2.75, 3.05) is 25.1 Å². The average Bonchev–Trinajstić information content (AvgIpc) is 3.51. The number of nitrogens with one attached hydrogen (secondary N) is 1. The van der Waals surface area contributed by atoms with Gasteiger partial charge < -0.3 is 19.7 Å². The molecule has 11 heteroatoms. The van der Waals surface area contributed by atoms with Crippen LogP contribution in [0.2, 0.25) is 5.02 Å². The van der Waals surface area contributed by atoms with Gasteiger partial charge in [-0.3, -0.25) is 13.9 Å².